The second-order valence-corrected chi connectivity index (χ2v) is 9.63. The summed E-state index contributed by atoms with van der Waals surface area (Å²) in [5.74, 6) is -4.91. The Hall–Kier alpha value is -4.15. The van der Waals surface area contributed by atoms with Gasteiger partial charge in [-0.2, -0.15) is 0 Å². The monoisotopic (exact) mass is 512 g/mol. The molecular formula is C26H28N2O9. The molecule has 0 N–H and O–H groups in total. The number of aliphatic imine (C=N–C) groups is 1. The number of Topliss-reactive ketones (excluding diaryl/α,β-unsaturated/α-hetero) is 2. The number of ketones is 2. The van der Waals surface area contributed by atoms with Crippen LogP contribution >= 0.6 is 0 Å². The molecule has 11 nitrogen and oxygen atoms in total. The van der Waals surface area contributed by atoms with Gasteiger partial charge in [-0.3, -0.25) is 33.7 Å². The van der Waals surface area contributed by atoms with Gasteiger partial charge in [0.1, 0.15) is 28.4 Å². The van der Waals surface area contributed by atoms with Gasteiger partial charge in [-0.05, 0) is 39.8 Å². The van der Waals surface area contributed by atoms with Crippen molar-refractivity contribution < 1.29 is 43.0 Å². The highest BCUT2D eigenvalue weighted by Crippen LogP contribution is 2.41. The van der Waals surface area contributed by atoms with Gasteiger partial charge in [0, 0.05) is 32.9 Å². The highest BCUT2D eigenvalue weighted by molar-refractivity contribution is 6.32. The van der Waals surface area contributed by atoms with Crippen LogP contribution in [-0.2, 0) is 33.5 Å². The van der Waals surface area contributed by atoms with Crippen molar-refractivity contribution in [1.29, 1.82) is 0 Å². The van der Waals surface area contributed by atoms with E-state index in [2.05, 4.69) is 4.99 Å². The lowest BCUT2D eigenvalue weighted by molar-refractivity contribution is -0.155. The molecule has 11 heteroatoms. The Morgan fingerprint density at radius 2 is 1.78 bits per heavy atom. The minimum Gasteiger partial charge on any atom is -0.460 e. The van der Waals surface area contributed by atoms with Gasteiger partial charge in [0.25, 0.3) is 5.91 Å². The van der Waals surface area contributed by atoms with Crippen molar-refractivity contribution in [2.75, 3.05) is 6.54 Å². The predicted molar refractivity (Wildman–Crippen MR) is 129 cm³/mol. The Labute approximate surface area is 213 Å². The average Bonchev–Trinajstić information content (AvgIpc) is 2.75. The fourth-order valence-electron chi connectivity index (χ4n) is 3.85. The van der Waals surface area contributed by atoms with Crippen LogP contribution in [0.25, 0.3) is 0 Å². The zero-order valence-electron chi connectivity index (χ0n) is 21.5. The van der Waals surface area contributed by atoms with E-state index in [1.165, 1.54) is 32.0 Å². The van der Waals surface area contributed by atoms with Gasteiger partial charge >= 0.3 is 11.9 Å². The maximum Gasteiger partial charge on any atom is 0.308 e. The summed E-state index contributed by atoms with van der Waals surface area (Å²) in [6.07, 6.45) is -0.618. The molecule has 0 fully saturated rings. The smallest absolute Gasteiger partial charge is 0.308 e. The highest BCUT2D eigenvalue weighted by atomic mass is 16.6. The van der Waals surface area contributed by atoms with Crippen LogP contribution in [0.4, 0.5) is 5.69 Å². The second kappa shape index (κ2) is 10.5. The zero-order valence-corrected chi connectivity index (χ0v) is 21.5. The lowest BCUT2D eigenvalue weighted by atomic mass is 9.82. The third kappa shape index (κ3) is 6.35. The molecule has 2 amide bonds. The third-order valence-corrected chi connectivity index (χ3v) is 5.39. The topological polar surface area (TPSA) is 146 Å². The normalized spacial score (nSPS) is 16.5. The number of allylic oxidation sites excluding steroid dienone is 1. The molecule has 1 unspecified atom stereocenters. The van der Waals surface area contributed by atoms with E-state index in [-0.39, 0.29) is 48.1 Å². The lowest BCUT2D eigenvalue weighted by Gasteiger charge is -2.31. The number of benzene rings is 1. The number of rotatable bonds is 6. The molecule has 0 aromatic heterocycles. The fourth-order valence-corrected chi connectivity index (χ4v) is 3.85. The van der Waals surface area contributed by atoms with E-state index < -0.39 is 46.6 Å². The van der Waals surface area contributed by atoms with Crippen molar-refractivity contribution in [2.45, 2.75) is 60.0 Å². The van der Waals surface area contributed by atoms with Gasteiger partial charge in [0.2, 0.25) is 5.91 Å². The summed E-state index contributed by atoms with van der Waals surface area (Å²) in [5.41, 5.74) is -0.832. The van der Waals surface area contributed by atoms with E-state index in [1.807, 2.05) is 0 Å². The number of amides is 2. The molecule has 1 atom stereocenters. The Bertz CT molecular complexity index is 1270. The van der Waals surface area contributed by atoms with Crippen molar-refractivity contribution in [2.24, 2.45) is 10.9 Å². The number of esters is 2. The van der Waals surface area contributed by atoms with E-state index in [0.717, 1.165) is 11.8 Å². The van der Waals surface area contributed by atoms with Gasteiger partial charge in [-0.25, -0.2) is 4.99 Å². The SMILES string of the molecule is CC(=O)Oc1ccc2c(c1)OC1=C(C(=O)N(CCC(=O)OC(C)(C)C)C(C)=O)C(=O)CC(C(C)=O)C1=N2. The summed E-state index contributed by atoms with van der Waals surface area (Å²) < 4.78 is 16.2. The molecule has 0 saturated carbocycles. The summed E-state index contributed by atoms with van der Waals surface area (Å²) in [6, 6.07) is 4.35. The molecule has 196 valence electrons. The molecule has 1 aliphatic heterocycles. The number of carbonyl (C=O) groups is 6. The molecule has 37 heavy (non-hydrogen) atoms. The maximum absolute atomic E-state index is 13.5. The summed E-state index contributed by atoms with van der Waals surface area (Å²) in [4.78, 5) is 80.0. The zero-order chi connectivity index (χ0) is 27.7. The number of carbonyl (C=O) groups excluding carboxylic acids is 6. The van der Waals surface area contributed by atoms with Crippen LogP contribution in [0, 0.1) is 5.92 Å². The first-order valence-corrected chi connectivity index (χ1v) is 11.6. The van der Waals surface area contributed by atoms with Crippen molar-refractivity contribution in [1.82, 2.24) is 4.90 Å². The van der Waals surface area contributed by atoms with Crippen LogP contribution in [0.1, 0.15) is 54.4 Å². The molecule has 2 aliphatic rings. The highest BCUT2D eigenvalue weighted by Gasteiger charge is 2.43. The third-order valence-electron chi connectivity index (χ3n) is 5.39. The number of ether oxygens (including phenoxy) is 3. The molecule has 1 aromatic carbocycles. The second-order valence-electron chi connectivity index (χ2n) is 9.63. The molecule has 1 heterocycles. The van der Waals surface area contributed by atoms with Crippen molar-refractivity contribution in [3.8, 4) is 11.5 Å². The van der Waals surface area contributed by atoms with Crippen molar-refractivity contribution >= 4 is 46.7 Å². The Balaban J connectivity index is 2.03. The molecule has 0 saturated heterocycles. The summed E-state index contributed by atoms with van der Waals surface area (Å²) >= 11 is 0. The van der Waals surface area contributed by atoms with Crippen LogP contribution < -0.4 is 9.47 Å². The van der Waals surface area contributed by atoms with Gasteiger partial charge in [-0.1, -0.05) is 0 Å². The summed E-state index contributed by atoms with van der Waals surface area (Å²) in [7, 11) is 0. The minimum atomic E-state index is -0.981. The number of imide groups is 1. The summed E-state index contributed by atoms with van der Waals surface area (Å²) in [5, 5.41) is 0. The van der Waals surface area contributed by atoms with Crippen molar-refractivity contribution in [3.63, 3.8) is 0 Å². The minimum absolute atomic E-state index is 0.0823. The lowest BCUT2D eigenvalue weighted by Crippen LogP contribution is -2.45. The van der Waals surface area contributed by atoms with Gasteiger partial charge in [0.05, 0.1) is 18.1 Å². The molecule has 0 bridgehead atoms. The Kier molecular flexibility index (Phi) is 7.75. The van der Waals surface area contributed by atoms with Crippen LogP contribution in [-0.4, -0.2) is 58.1 Å². The average molecular weight is 513 g/mol. The fraction of sp³-hybridized carbons (Fsp3) is 0.423. The van der Waals surface area contributed by atoms with Crippen LogP contribution in [0.2, 0.25) is 0 Å². The first kappa shape index (κ1) is 27.4. The predicted octanol–water partition coefficient (Wildman–Crippen LogP) is 2.62. The Morgan fingerprint density at radius 3 is 2.35 bits per heavy atom. The molecule has 3 rings (SSSR count). The van der Waals surface area contributed by atoms with Crippen LogP contribution in [0.15, 0.2) is 34.5 Å². The van der Waals surface area contributed by atoms with Crippen LogP contribution in [0.5, 0.6) is 11.5 Å². The molecule has 1 aliphatic carbocycles. The summed E-state index contributed by atoms with van der Waals surface area (Å²) in [6.45, 7) is 8.37. The van der Waals surface area contributed by atoms with Crippen LogP contribution in [0.3, 0.4) is 0 Å². The van der Waals surface area contributed by atoms with E-state index in [1.54, 1.807) is 20.8 Å². The number of fused-ring (bicyclic) bond motifs is 2. The molecule has 1 aromatic rings. The quantitative estimate of drug-likeness (QED) is 0.319. The van der Waals surface area contributed by atoms with E-state index in [0.29, 0.717) is 5.69 Å². The van der Waals surface area contributed by atoms with E-state index in [4.69, 9.17) is 14.2 Å². The van der Waals surface area contributed by atoms with Crippen molar-refractivity contribution in [3.05, 3.63) is 29.5 Å². The van der Waals surface area contributed by atoms with E-state index >= 15 is 0 Å². The molecule has 0 radical (unpaired) electrons. The van der Waals surface area contributed by atoms with E-state index in [9.17, 15) is 28.8 Å². The number of nitrogens with zero attached hydrogens (tertiary/aromatic N) is 2. The Morgan fingerprint density at radius 1 is 1.11 bits per heavy atom. The largest absolute Gasteiger partial charge is 0.460 e. The first-order valence-electron chi connectivity index (χ1n) is 11.6. The van der Waals surface area contributed by atoms with Gasteiger partial charge in [0.15, 0.2) is 17.3 Å². The van der Waals surface area contributed by atoms with Gasteiger partial charge < -0.3 is 14.2 Å². The van der Waals surface area contributed by atoms with Gasteiger partial charge in [-0.15, -0.1) is 0 Å². The molecule has 0 spiro atoms. The standard InChI is InChI=1S/C26H28N2O9/c1-13(29)17-12-19(32)22(25(34)28(14(2)30)10-9-21(33)37-26(4,5)6)24-23(17)27-18-8-7-16(35-15(3)31)11-20(18)36-24/h7-8,11,17H,9-10,12H2,1-6H3. The molecular weight excluding hydrogens is 484 g/mol. The number of hydrogen-bond acceptors (Lipinski definition) is 10. The maximum atomic E-state index is 13.5. The first-order chi connectivity index (χ1) is 17.2. The number of hydrogen-bond donors (Lipinski definition) is 0.